The van der Waals surface area contributed by atoms with Crippen molar-refractivity contribution in [3.8, 4) is 11.6 Å². The van der Waals surface area contributed by atoms with Gasteiger partial charge in [0.1, 0.15) is 11.6 Å². The second kappa shape index (κ2) is 14.3. The van der Waals surface area contributed by atoms with Gasteiger partial charge in [0.2, 0.25) is 15.9 Å². The van der Waals surface area contributed by atoms with Crippen molar-refractivity contribution < 1.29 is 22.3 Å². The van der Waals surface area contributed by atoms with Gasteiger partial charge in [0, 0.05) is 55.0 Å². The summed E-state index contributed by atoms with van der Waals surface area (Å²) in [7, 11) is -3.34. The zero-order valence-corrected chi connectivity index (χ0v) is 25.2. The number of amides is 2. The van der Waals surface area contributed by atoms with Crippen molar-refractivity contribution >= 4 is 45.5 Å². The smallest absolute Gasteiger partial charge is 0.326 e. The highest BCUT2D eigenvalue weighted by molar-refractivity contribution is 7.92. The predicted molar refractivity (Wildman–Crippen MR) is 169 cm³/mol. The van der Waals surface area contributed by atoms with E-state index in [0.717, 1.165) is 43.4 Å². The zero-order valence-electron chi connectivity index (χ0n) is 23.5. The standard InChI is InChI=1S/C31H32FN5O4S.ClH/c1-42(39,40)35-25-11-13-29(14-12-25)41-30-15-10-23(21-33-30)22-36-18-16-28(17-19-36)37(27-8-3-2-4-9-27)31(38)34-26-7-5-6-24(32)20-26;/h2-15,20-21,28,35H,16-19,22H2,1H3,(H,34,38);1H. The Morgan fingerprint density at radius 2 is 1.70 bits per heavy atom. The first-order chi connectivity index (χ1) is 20.2. The molecule has 0 bridgehead atoms. The van der Waals surface area contributed by atoms with Crippen LogP contribution in [0.15, 0.2) is 97.2 Å². The van der Waals surface area contributed by atoms with E-state index in [2.05, 4.69) is 19.9 Å². The van der Waals surface area contributed by atoms with Crippen molar-refractivity contribution in [2.45, 2.75) is 25.4 Å². The highest BCUT2D eigenvalue weighted by Crippen LogP contribution is 2.27. The van der Waals surface area contributed by atoms with Gasteiger partial charge in [0.25, 0.3) is 0 Å². The van der Waals surface area contributed by atoms with Gasteiger partial charge in [-0.25, -0.2) is 22.6 Å². The van der Waals surface area contributed by atoms with E-state index in [1.54, 1.807) is 53.6 Å². The largest absolute Gasteiger partial charge is 0.439 e. The predicted octanol–water partition coefficient (Wildman–Crippen LogP) is 6.51. The number of halogens is 2. The number of piperidine rings is 1. The lowest BCUT2D eigenvalue weighted by atomic mass is 10.0. The second-order valence-electron chi connectivity index (χ2n) is 10.2. The van der Waals surface area contributed by atoms with Crippen molar-refractivity contribution in [2.24, 2.45) is 0 Å². The van der Waals surface area contributed by atoms with Gasteiger partial charge in [-0.3, -0.25) is 14.5 Å². The number of anilines is 3. The third kappa shape index (κ3) is 9.15. The molecule has 9 nitrogen and oxygen atoms in total. The van der Waals surface area contributed by atoms with E-state index in [9.17, 15) is 17.6 Å². The van der Waals surface area contributed by atoms with E-state index in [0.29, 0.717) is 29.5 Å². The lowest BCUT2D eigenvalue weighted by Crippen LogP contribution is -2.49. The fraction of sp³-hybridized carbons (Fsp3) is 0.226. The van der Waals surface area contributed by atoms with Crippen LogP contribution in [0.2, 0.25) is 0 Å². The maximum absolute atomic E-state index is 13.7. The number of sulfonamides is 1. The van der Waals surface area contributed by atoms with Crippen LogP contribution in [0.4, 0.5) is 26.2 Å². The summed E-state index contributed by atoms with van der Waals surface area (Å²) in [6, 6.07) is 25.5. The molecule has 0 radical (unpaired) electrons. The lowest BCUT2D eigenvalue weighted by Gasteiger charge is -2.38. The van der Waals surface area contributed by atoms with E-state index in [-0.39, 0.29) is 24.5 Å². The number of benzene rings is 3. The highest BCUT2D eigenvalue weighted by atomic mass is 35.5. The quantitative estimate of drug-likeness (QED) is 0.220. The number of para-hydroxylation sites is 1. The maximum atomic E-state index is 13.7. The van der Waals surface area contributed by atoms with E-state index < -0.39 is 15.8 Å². The number of pyridine rings is 1. The van der Waals surface area contributed by atoms with Gasteiger partial charge in [-0.15, -0.1) is 12.4 Å². The Morgan fingerprint density at radius 3 is 2.33 bits per heavy atom. The summed E-state index contributed by atoms with van der Waals surface area (Å²) in [4.78, 5) is 21.9. The average molecular weight is 626 g/mol. The van der Waals surface area contributed by atoms with Crippen LogP contribution in [-0.2, 0) is 16.6 Å². The van der Waals surface area contributed by atoms with Gasteiger partial charge >= 0.3 is 6.03 Å². The van der Waals surface area contributed by atoms with E-state index in [4.69, 9.17) is 4.74 Å². The van der Waals surface area contributed by atoms with Gasteiger partial charge in [0.15, 0.2) is 0 Å². The molecule has 0 spiro atoms. The van der Waals surface area contributed by atoms with Crippen LogP contribution in [0.1, 0.15) is 18.4 Å². The molecule has 1 aromatic heterocycles. The number of aromatic nitrogens is 1. The molecule has 0 unspecified atom stereocenters. The number of rotatable bonds is 9. The average Bonchev–Trinajstić information content (AvgIpc) is 2.96. The molecule has 226 valence electrons. The Kier molecular flexibility index (Phi) is 10.6. The molecular formula is C31H33ClFN5O4S. The van der Waals surface area contributed by atoms with Crippen LogP contribution in [0, 0.1) is 5.82 Å². The van der Waals surface area contributed by atoms with Gasteiger partial charge in [0.05, 0.1) is 6.26 Å². The first kappa shape index (κ1) is 31.7. The third-order valence-electron chi connectivity index (χ3n) is 6.84. The number of ether oxygens (including phenoxy) is 1. The van der Waals surface area contributed by atoms with Crippen LogP contribution in [0.3, 0.4) is 0 Å². The molecular weight excluding hydrogens is 593 g/mol. The summed E-state index contributed by atoms with van der Waals surface area (Å²) in [5, 5.41) is 2.85. The fourth-order valence-electron chi connectivity index (χ4n) is 4.92. The van der Waals surface area contributed by atoms with Crippen LogP contribution >= 0.6 is 12.4 Å². The molecule has 12 heteroatoms. The SMILES string of the molecule is CS(=O)(=O)Nc1ccc(Oc2ccc(CN3CCC(N(C(=O)Nc4cccc(F)c4)c4ccccc4)CC3)cn2)cc1.Cl. The monoisotopic (exact) mass is 625 g/mol. The fourth-order valence-corrected chi connectivity index (χ4v) is 5.48. The molecule has 1 fully saturated rings. The summed E-state index contributed by atoms with van der Waals surface area (Å²) in [6.07, 6.45) is 4.44. The van der Waals surface area contributed by atoms with Gasteiger partial charge in [-0.2, -0.15) is 0 Å². The topological polar surface area (TPSA) is 104 Å². The van der Waals surface area contributed by atoms with Crippen LogP contribution in [0.25, 0.3) is 0 Å². The molecule has 0 saturated carbocycles. The van der Waals surface area contributed by atoms with Crippen LogP contribution in [0.5, 0.6) is 11.6 Å². The second-order valence-corrected chi connectivity index (χ2v) is 11.9. The number of nitrogens with one attached hydrogen (secondary N) is 2. The number of urea groups is 1. The van der Waals surface area contributed by atoms with Crippen molar-refractivity contribution in [1.82, 2.24) is 9.88 Å². The van der Waals surface area contributed by atoms with Crippen LogP contribution < -0.4 is 19.7 Å². The Morgan fingerprint density at radius 1 is 0.977 bits per heavy atom. The number of nitrogens with zero attached hydrogens (tertiary/aromatic N) is 3. The molecule has 1 saturated heterocycles. The number of likely N-dealkylation sites (tertiary alicyclic amines) is 1. The van der Waals surface area contributed by atoms with Crippen molar-refractivity contribution in [3.05, 3.63) is 109 Å². The van der Waals surface area contributed by atoms with Gasteiger partial charge in [-0.05, 0) is 73.0 Å². The maximum Gasteiger partial charge on any atom is 0.326 e. The summed E-state index contributed by atoms with van der Waals surface area (Å²) >= 11 is 0. The van der Waals surface area contributed by atoms with E-state index in [1.807, 2.05) is 36.4 Å². The van der Waals surface area contributed by atoms with E-state index in [1.165, 1.54) is 12.1 Å². The van der Waals surface area contributed by atoms with Crippen molar-refractivity contribution in [3.63, 3.8) is 0 Å². The molecule has 0 atom stereocenters. The summed E-state index contributed by atoms with van der Waals surface area (Å²) in [5.41, 5.74) is 2.71. The van der Waals surface area contributed by atoms with Crippen molar-refractivity contribution in [2.75, 3.05) is 34.3 Å². The Labute approximate surface area is 257 Å². The molecule has 2 N–H and O–H groups in total. The minimum atomic E-state index is -3.34. The molecule has 2 amide bonds. The summed E-state index contributed by atoms with van der Waals surface area (Å²) in [5.74, 6) is 0.574. The number of hydrogen-bond donors (Lipinski definition) is 2. The van der Waals surface area contributed by atoms with Crippen LogP contribution in [-0.4, -0.2) is 49.7 Å². The first-order valence-electron chi connectivity index (χ1n) is 13.6. The Hall–Kier alpha value is -4.19. The third-order valence-corrected chi connectivity index (χ3v) is 7.44. The Bertz CT molecular complexity index is 1600. The number of hydrogen-bond acceptors (Lipinski definition) is 6. The van der Waals surface area contributed by atoms with Gasteiger partial charge in [-0.1, -0.05) is 30.3 Å². The first-order valence-corrected chi connectivity index (χ1v) is 15.4. The van der Waals surface area contributed by atoms with Crippen molar-refractivity contribution in [1.29, 1.82) is 0 Å². The minimum absolute atomic E-state index is 0. The number of carbonyl (C=O) groups is 1. The molecule has 4 aromatic rings. The number of carbonyl (C=O) groups excluding carboxylic acids is 1. The minimum Gasteiger partial charge on any atom is -0.439 e. The Balaban J connectivity index is 0.00000423. The summed E-state index contributed by atoms with van der Waals surface area (Å²) in [6.45, 7) is 2.31. The normalized spacial score (nSPS) is 13.9. The highest BCUT2D eigenvalue weighted by Gasteiger charge is 2.29. The molecule has 2 heterocycles. The molecule has 1 aliphatic heterocycles. The summed E-state index contributed by atoms with van der Waals surface area (Å²) < 4.78 is 44.6. The molecule has 1 aliphatic rings. The molecule has 43 heavy (non-hydrogen) atoms. The molecule has 0 aliphatic carbocycles. The van der Waals surface area contributed by atoms with Gasteiger partial charge < -0.3 is 10.1 Å². The zero-order chi connectivity index (χ0) is 29.5. The molecule has 5 rings (SSSR count). The molecule has 3 aromatic carbocycles. The lowest BCUT2D eigenvalue weighted by molar-refractivity contribution is 0.199. The van der Waals surface area contributed by atoms with E-state index >= 15 is 0 Å².